The van der Waals surface area contributed by atoms with Crippen molar-refractivity contribution in [3.8, 4) is 0 Å². The first-order valence-electron chi connectivity index (χ1n) is 8.92. The monoisotopic (exact) mass is 420 g/mol. The van der Waals surface area contributed by atoms with E-state index in [-0.39, 0.29) is 15.6 Å². The van der Waals surface area contributed by atoms with E-state index >= 15 is 0 Å². The van der Waals surface area contributed by atoms with E-state index < -0.39 is 9.84 Å². The molecular weight excluding hydrogens is 404 g/mol. The second-order valence-electron chi connectivity index (χ2n) is 6.58. The molecule has 0 saturated heterocycles. The molecule has 0 bridgehead atoms. The minimum atomic E-state index is -3.87. The van der Waals surface area contributed by atoms with E-state index in [1.54, 1.807) is 46.2 Å². The molecule has 0 aliphatic carbocycles. The summed E-state index contributed by atoms with van der Waals surface area (Å²) in [5.74, 6) is 0.146. The lowest BCUT2D eigenvalue weighted by molar-refractivity contribution is 0.597. The minimum absolute atomic E-state index is 0.00788. The van der Waals surface area contributed by atoms with E-state index in [1.807, 2.05) is 41.8 Å². The van der Waals surface area contributed by atoms with Gasteiger partial charge in [-0.15, -0.1) is 11.3 Å². The Bertz CT molecular complexity index is 1440. The van der Waals surface area contributed by atoms with Gasteiger partial charge in [0.05, 0.1) is 22.5 Å². The van der Waals surface area contributed by atoms with Crippen LogP contribution in [0.5, 0.6) is 0 Å². The van der Waals surface area contributed by atoms with Crippen molar-refractivity contribution in [3.63, 3.8) is 0 Å². The lowest BCUT2D eigenvalue weighted by Gasteiger charge is -2.07. The highest BCUT2D eigenvalue weighted by Gasteiger charge is 2.30. The van der Waals surface area contributed by atoms with Gasteiger partial charge in [0.25, 0.3) is 0 Å². The lowest BCUT2D eigenvalue weighted by atomic mass is 10.3. The van der Waals surface area contributed by atoms with Gasteiger partial charge >= 0.3 is 0 Å². The fraction of sp³-hybridized carbons (Fsp3) is 0.0476. The van der Waals surface area contributed by atoms with Crippen LogP contribution in [-0.2, 0) is 16.4 Å². The molecule has 0 aliphatic rings. The summed E-state index contributed by atoms with van der Waals surface area (Å²) in [5, 5.41) is 1.97. The number of para-hydroxylation sites is 2. The molecule has 5 rings (SSSR count). The van der Waals surface area contributed by atoms with Crippen molar-refractivity contribution in [3.05, 3.63) is 77.0 Å². The van der Waals surface area contributed by atoms with Crippen LogP contribution in [0.3, 0.4) is 0 Å². The number of sulfone groups is 1. The molecule has 0 saturated carbocycles. The molecule has 0 unspecified atom stereocenters. The number of benzene rings is 2. The third-order valence-corrected chi connectivity index (χ3v) is 7.46. The third-order valence-electron chi connectivity index (χ3n) is 4.76. The molecule has 8 heteroatoms. The molecule has 0 fully saturated rings. The average molecular weight is 421 g/mol. The summed E-state index contributed by atoms with van der Waals surface area (Å²) in [6.07, 6.45) is 0. The summed E-state index contributed by atoms with van der Waals surface area (Å²) in [6, 6.07) is 19.6. The fourth-order valence-corrected chi connectivity index (χ4v) is 5.61. The highest BCUT2D eigenvalue weighted by atomic mass is 32.2. The summed E-state index contributed by atoms with van der Waals surface area (Å²) < 4.78 is 28.7. The van der Waals surface area contributed by atoms with Crippen LogP contribution < -0.4 is 5.73 Å². The van der Waals surface area contributed by atoms with Gasteiger partial charge in [-0.2, -0.15) is 0 Å². The summed E-state index contributed by atoms with van der Waals surface area (Å²) in [7, 11) is -3.87. The van der Waals surface area contributed by atoms with Gasteiger partial charge in [0.1, 0.15) is 16.2 Å². The fourth-order valence-electron chi connectivity index (χ4n) is 3.39. The third kappa shape index (κ3) is 2.88. The van der Waals surface area contributed by atoms with Crippen molar-refractivity contribution < 1.29 is 8.42 Å². The topological polar surface area (TPSA) is 90.9 Å². The van der Waals surface area contributed by atoms with E-state index in [2.05, 4.69) is 4.98 Å². The quantitative estimate of drug-likeness (QED) is 0.472. The second kappa shape index (κ2) is 6.68. The molecule has 2 N–H and O–H groups in total. The zero-order valence-corrected chi connectivity index (χ0v) is 16.8. The van der Waals surface area contributed by atoms with Crippen LogP contribution in [-0.4, -0.2) is 23.0 Å². The number of thiophene rings is 1. The van der Waals surface area contributed by atoms with Crippen LogP contribution in [0.2, 0.25) is 0 Å². The Morgan fingerprint density at radius 1 is 0.897 bits per heavy atom. The standard InChI is InChI=1S/C21H16N4O2S2/c22-20-19(29(26,27)15-8-2-1-3-9-15)18-21(25(20)13-14-7-6-12-28-14)24-17-11-5-4-10-16(17)23-18/h1-12H,13,22H2. The van der Waals surface area contributed by atoms with Crippen LogP contribution in [0.15, 0.2) is 81.9 Å². The zero-order chi connectivity index (χ0) is 20.0. The molecule has 0 spiro atoms. The van der Waals surface area contributed by atoms with E-state index in [1.165, 1.54) is 0 Å². The minimum Gasteiger partial charge on any atom is -0.384 e. The number of rotatable bonds is 4. The normalized spacial score (nSPS) is 12.0. The SMILES string of the molecule is Nc1c(S(=O)(=O)c2ccccc2)c2nc3ccccc3nc2n1Cc1cccs1. The summed E-state index contributed by atoms with van der Waals surface area (Å²) in [6.45, 7) is 0.428. The van der Waals surface area contributed by atoms with Crippen LogP contribution in [0.1, 0.15) is 4.88 Å². The van der Waals surface area contributed by atoms with Gasteiger partial charge in [0.2, 0.25) is 9.84 Å². The Morgan fingerprint density at radius 3 is 2.28 bits per heavy atom. The van der Waals surface area contributed by atoms with Gasteiger partial charge in [0, 0.05) is 4.88 Å². The molecule has 144 valence electrons. The van der Waals surface area contributed by atoms with Crippen molar-refractivity contribution in [1.29, 1.82) is 0 Å². The van der Waals surface area contributed by atoms with E-state index in [4.69, 9.17) is 10.7 Å². The average Bonchev–Trinajstić information content (AvgIpc) is 3.34. The smallest absolute Gasteiger partial charge is 0.212 e. The number of nitrogens with zero attached hydrogens (tertiary/aromatic N) is 3. The molecule has 0 amide bonds. The first-order chi connectivity index (χ1) is 14.1. The maximum Gasteiger partial charge on any atom is 0.212 e. The number of aromatic nitrogens is 3. The molecule has 0 aliphatic heterocycles. The molecule has 0 radical (unpaired) electrons. The highest BCUT2D eigenvalue weighted by Crippen LogP contribution is 2.35. The molecule has 3 aromatic heterocycles. The van der Waals surface area contributed by atoms with Crippen molar-refractivity contribution in [1.82, 2.24) is 14.5 Å². The van der Waals surface area contributed by atoms with E-state index in [0.29, 0.717) is 28.7 Å². The zero-order valence-electron chi connectivity index (χ0n) is 15.2. The van der Waals surface area contributed by atoms with Gasteiger partial charge in [-0.05, 0) is 35.7 Å². The molecule has 0 atom stereocenters. The summed E-state index contributed by atoms with van der Waals surface area (Å²) >= 11 is 1.58. The first kappa shape index (κ1) is 17.8. The van der Waals surface area contributed by atoms with Gasteiger partial charge in [-0.3, -0.25) is 0 Å². The largest absolute Gasteiger partial charge is 0.384 e. The van der Waals surface area contributed by atoms with E-state index in [9.17, 15) is 8.42 Å². The predicted molar refractivity (Wildman–Crippen MR) is 115 cm³/mol. The molecular formula is C21H16N4O2S2. The number of fused-ring (bicyclic) bond motifs is 2. The van der Waals surface area contributed by atoms with Crippen molar-refractivity contribution in [2.24, 2.45) is 0 Å². The highest BCUT2D eigenvalue weighted by molar-refractivity contribution is 7.92. The summed E-state index contributed by atoms with van der Waals surface area (Å²) in [4.78, 5) is 10.6. The Kier molecular flexibility index (Phi) is 4.11. The van der Waals surface area contributed by atoms with Crippen molar-refractivity contribution >= 4 is 49.2 Å². The maximum atomic E-state index is 13.5. The maximum absolute atomic E-state index is 13.5. The molecule has 6 nitrogen and oxygen atoms in total. The Labute approximate surface area is 171 Å². The Balaban J connectivity index is 1.85. The number of nitrogens with two attached hydrogens (primary N) is 1. The van der Waals surface area contributed by atoms with E-state index in [0.717, 1.165) is 4.88 Å². The second-order valence-corrected chi connectivity index (χ2v) is 9.50. The Morgan fingerprint density at radius 2 is 1.59 bits per heavy atom. The Hall–Kier alpha value is -3.23. The van der Waals surface area contributed by atoms with Gasteiger partial charge < -0.3 is 10.3 Å². The first-order valence-corrected chi connectivity index (χ1v) is 11.3. The molecule has 2 aromatic carbocycles. The van der Waals surface area contributed by atoms with Gasteiger partial charge in [0.15, 0.2) is 5.65 Å². The number of nitrogen functional groups attached to an aromatic ring is 1. The molecule has 5 aromatic rings. The van der Waals surface area contributed by atoms with Crippen LogP contribution in [0.4, 0.5) is 5.82 Å². The van der Waals surface area contributed by atoms with Crippen molar-refractivity contribution in [2.45, 2.75) is 16.3 Å². The molecule has 29 heavy (non-hydrogen) atoms. The number of hydrogen-bond acceptors (Lipinski definition) is 6. The van der Waals surface area contributed by atoms with Crippen LogP contribution in [0.25, 0.3) is 22.2 Å². The van der Waals surface area contributed by atoms with Crippen LogP contribution in [0, 0.1) is 0 Å². The van der Waals surface area contributed by atoms with Gasteiger partial charge in [-0.1, -0.05) is 36.4 Å². The van der Waals surface area contributed by atoms with Gasteiger partial charge in [-0.25, -0.2) is 18.4 Å². The number of hydrogen-bond donors (Lipinski definition) is 1. The molecule has 3 heterocycles. The lowest BCUT2D eigenvalue weighted by Crippen LogP contribution is -2.08. The van der Waals surface area contributed by atoms with Crippen molar-refractivity contribution in [2.75, 3.05) is 5.73 Å². The number of anilines is 1. The summed E-state index contributed by atoms with van der Waals surface area (Å²) in [5.41, 5.74) is 8.49. The predicted octanol–water partition coefficient (Wildman–Crippen LogP) is 4.11. The van der Waals surface area contributed by atoms with Crippen LogP contribution >= 0.6 is 11.3 Å².